The molecule has 0 saturated carbocycles. The fraction of sp³-hybridized carbons (Fsp3) is 0.250. The summed E-state index contributed by atoms with van der Waals surface area (Å²) in [6.45, 7) is -0.392. The number of nitriles is 1. The van der Waals surface area contributed by atoms with Crippen molar-refractivity contribution in [2.24, 2.45) is 0 Å². The summed E-state index contributed by atoms with van der Waals surface area (Å²) in [5, 5.41) is 10.6. The van der Waals surface area contributed by atoms with Gasteiger partial charge in [0, 0.05) is 0 Å². The van der Waals surface area contributed by atoms with Crippen molar-refractivity contribution in [1.82, 2.24) is 5.32 Å². The molecule has 0 aromatic heterocycles. The maximum Gasteiger partial charge on any atom is 0.337 e. The molecule has 0 spiro atoms. The van der Waals surface area contributed by atoms with Gasteiger partial charge in [0.2, 0.25) is 0 Å². The van der Waals surface area contributed by atoms with Crippen LogP contribution in [0.1, 0.15) is 10.4 Å². The van der Waals surface area contributed by atoms with E-state index in [1.54, 1.807) is 6.07 Å². The Morgan fingerprint density at radius 2 is 2.21 bits per heavy atom. The van der Waals surface area contributed by atoms with Gasteiger partial charge in [0.25, 0.3) is 5.91 Å². The molecule has 0 bridgehead atoms. The van der Waals surface area contributed by atoms with Crippen LogP contribution in [0.25, 0.3) is 0 Å². The molecular formula is C12H13N3O4. The summed E-state index contributed by atoms with van der Waals surface area (Å²) in [6, 6.07) is 6.12. The zero-order valence-electron chi connectivity index (χ0n) is 10.3. The second-order valence-corrected chi connectivity index (χ2v) is 3.47. The number of anilines is 1. The lowest BCUT2D eigenvalue weighted by atomic mass is 10.2. The number of nitrogen functional groups attached to an aromatic ring is 1. The first kappa shape index (κ1) is 14.3. The van der Waals surface area contributed by atoms with Crippen molar-refractivity contribution >= 4 is 17.6 Å². The topological polar surface area (TPSA) is 114 Å². The van der Waals surface area contributed by atoms with Gasteiger partial charge in [-0.3, -0.25) is 4.79 Å². The van der Waals surface area contributed by atoms with E-state index in [1.807, 2.05) is 0 Å². The Labute approximate surface area is 109 Å². The Morgan fingerprint density at radius 3 is 2.84 bits per heavy atom. The fourth-order valence-electron chi connectivity index (χ4n) is 1.24. The molecule has 0 aliphatic carbocycles. The van der Waals surface area contributed by atoms with Gasteiger partial charge in [0.15, 0.2) is 6.61 Å². The summed E-state index contributed by atoms with van der Waals surface area (Å²) in [5.74, 6) is -0.779. The van der Waals surface area contributed by atoms with Crippen molar-refractivity contribution in [2.75, 3.05) is 26.0 Å². The van der Waals surface area contributed by atoms with Crippen LogP contribution < -0.4 is 15.8 Å². The van der Waals surface area contributed by atoms with Gasteiger partial charge in [-0.15, -0.1) is 0 Å². The number of nitrogens with one attached hydrogen (secondary N) is 1. The third-order valence-electron chi connectivity index (χ3n) is 2.16. The number of hydrogen-bond acceptors (Lipinski definition) is 6. The average molecular weight is 263 g/mol. The minimum absolute atomic E-state index is 0.0973. The minimum Gasteiger partial charge on any atom is -0.482 e. The third kappa shape index (κ3) is 4.20. The lowest BCUT2D eigenvalue weighted by molar-refractivity contribution is -0.122. The highest BCUT2D eigenvalue weighted by atomic mass is 16.5. The molecule has 3 N–H and O–H groups in total. The van der Waals surface area contributed by atoms with Crippen molar-refractivity contribution in [3.63, 3.8) is 0 Å². The van der Waals surface area contributed by atoms with E-state index in [0.29, 0.717) is 5.69 Å². The number of methoxy groups -OCH3 is 1. The van der Waals surface area contributed by atoms with Gasteiger partial charge in [-0.1, -0.05) is 0 Å². The number of ether oxygens (including phenoxy) is 2. The van der Waals surface area contributed by atoms with Crippen LogP contribution in [0.3, 0.4) is 0 Å². The molecule has 1 aromatic rings. The summed E-state index contributed by atoms with van der Waals surface area (Å²) >= 11 is 0. The molecule has 0 unspecified atom stereocenters. The molecule has 1 aromatic carbocycles. The van der Waals surface area contributed by atoms with Gasteiger partial charge in [0.05, 0.1) is 24.4 Å². The second-order valence-electron chi connectivity index (χ2n) is 3.47. The highest BCUT2D eigenvalue weighted by molar-refractivity contribution is 5.90. The average Bonchev–Trinajstić information content (AvgIpc) is 2.43. The Bertz CT molecular complexity index is 522. The number of nitrogens with two attached hydrogens (primary N) is 1. The molecule has 0 aliphatic rings. The molecular weight excluding hydrogens is 250 g/mol. The van der Waals surface area contributed by atoms with Gasteiger partial charge in [-0.25, -0.2) is 4.79 Å². The quantitative estimate of drug-likeness (QED) is 0.441. The Hall–Kier alpha value is -2.75. The molecule has 0 atom stereocenters. The number of amides is 1. The van der Waals surface area contributed by atoms with Gasteiger partial charge < -0.3 is 20.5 Å². The number of hydrogen-bond donors (Lipinski definition) is 2. The standard InChI is InChI=1S/C12H13N3O4/c1-18-12(17)8-2-3-9(14)10(6-8)19-7-11(16)15-5-4-13/h2-3,6H,5,7,14H2,1H3,(H,15,16). The lowest BCUT2D eigenvalue weighted by Crippen LogP contribution is -2.29. The smallest absolute Gasteiger partial charge is 0.337 e. The number of esters is 1. The number of carbonyl (C=O) groups is 2. The summed E-state index contributed by atoms with van der Waals surface area (Å²) in [4.78, 5) is 22.6. The van der Waals surface area contributed by atoms with Gasteiger partial charge in [0.1, 0.15) is 12.3 Å². The van der Waals surface area contributed by atoms with E-state index in [1.165, 1.54) is 25.3 Å². The summed E-state index contributed by atoms with van der Waals surface area (Å²) in [5.41, 5.74) is 6.22. The molecule has 0 radical (unpaired) electrons. The zero-order valence-corrected chi connectivity index (χ0v) is 10.3. The van der Waals surface area contributed by atoms with Crippen LogP contribution in [0.4, 0.5) is 5.69 Å². The molecule has 1 amide bonds. The first-order valence-corrected chi connectivity index (χ1v) is 5.32. The van der Waals surface area contributed by atoms with Crippen LogP contribution in [0, 0.1) is 11.3 Å². The largest absolute Gasteiger partial charge is 0.482 e. The fourth-order valence-corrected chi connectivity index (χ4v) is 1.24. The van der Waals surface area contributed by atoms with E-state index in [9.17, 15) is 9.59 Å². The predicted octanol–water partition coefficient (Wildman–Crippen LogP) is 0.0740. The normalized spacial score (nSPS) is 9.26. The molecule has 0 aliphatic heterocycles. The van der Waals surface area contributed by atoms with E-state index >= 15 is 0 Å². The van der Waals surface area contributed by atoms with E-state index in [4.69, 9.17) is 15.7 Å². The van der Waals surface area contributed by atoms with Crippen molar-refractivity contribution < 1.29 is 19.1 Å². The van der Waals surface area contributed by atoms with Crippen molar-refractivity contribution in [2.45, 2.75) is 0 Å². The number of benzene rings is 1. The Balaban J connectivity index is 2.70. The molecule has 0 fully saturated rings. The van der Waals surface area contributed by atoms with Crippen LogP contribution in [-0.2, 0) is 9.53 Å². The van der Waals surface area contributed by atoms with E-state index in [-0.39, 0.29) is 24.5 Å². The van der Waals surface area contributed by atoms with Crippen LogP contribution in [0.5, 0.6) is 5.75 Å². The highest BCUT2D eigenvalue weighted by Gasteiger charge is 2.10. The molecule has 7 nitrogen and oxygen atoms in total. The zero-order chi connectivity index (χ0) is 14.3. The van der Waals surface area contributed by atoms with E-state index in [2.05, 4.69) is 10.1 Å². The van der Waals surface area contributed by atoms with Crippen LogP contribution in [0.2, 0.25) is 0 Å². The summed E-state index contributed by atoms with van der Waals surface area (Å²) in [6.07, 6.45) is 0. The van der Waals surface area contributed by atoms with Crippen LogP contribution in [-0.4, -0.2) is 32.1 Å². The minimum atomic E-state index is -0.529. The maximum absolute atomic E-state index is 11.3. The predicted molar refractivity (Wildman–Crippen MR) is 66.3 cm³/mol. The molecule has 100 valence electrons. The van der Waals surface area contributed by atoms with Crippen LogP contribution >= 0.6 is 0 Å². The molecule has 7 heteroatoms. The van der Waals surface area contributed by atoms with Gasteiger partial charge >= 0.3 is 5.97 Å². The second kappa shape index (κ2) is 6.86. The first-order chi connectivity index (χ1) is 9.08. The summed E-state index contributed by atoms with van der Waals surface area (Å²) < 4.78 is 9.74. The number of nitrogens with zero attached hydrogens (tertiary/aromatic N) is 1. The van der Waals surface area contributed by atoms with Crippen molar-refractivity contribution in [3.8, 4) is 11.8 Å². The maximum atomic E-state index is 11.3. The molecule has 0 heterocycles. The highest BCUT2D eigenvalue weighted by Crippen LogP contribution is 2.23. The summed E-state index contributed by atoms with van der Waals surface area (Å²) in [7, 11) is 1.26. The number of rotatable bonds is 5. The van der Waals surface area contributed by atoms with E-state index < -0.39 is 11.9 Å². The lowest BCUT2D eigenvalue weighted by Gasteiger charge is -2.09. The SMILES string of the molecule is COC(=O)c1ccc(N)c(OCC(=O)NCC#N)c1. The number of carbonyl (C=O) groups excluding carboxylic acids is 2. The van der Waals surface area contributed by atoms with Crippen LogP contribution in [0.15, 0.2) is 18.2 Å². The molecule has 0 saturated heterocycles. The first-order valence-electron chi connectivity index (χ1n) is 5.32. The molecule has 1 rings (SSSR count). The third-order valence-corrected chi connectivity index (χ3v) is 2.16. The van der Waals surface area contributed by atoms with Gasteiger partial charge in [-0.2, -0.15) is 5.26 Å². The van der Waals surface area contributed by atoms with E-state index in [0.717, 1.165) is 0 Å². The molecule has 19 heavy (non-hydrogen) atoms. The Morgan fingerprint density at radius 1 is 1.47 bits per heavy atom. The van der Waals surface area contributed by atoms with Crippen molar-refractivity contribution in [3.05, 3.63) is 23.8 Å². The van der Waals surface area contributed by atoms with Crippen molar-refractivity contribution in [1.29, 1.82) is 5.26 Å². The monoisotopic (exact) mass is 263 g/mol. The Kier molecular flexibility index (Phi) is 5.17. The van der Waals surface area contributed by atoms with Gasteiger partial charge in [-0.05, 0) is 18.2 Å².